The van der Waals surface area contributed by atoms with Gasteiger partial charge in [-0.05, 0) is 67.5 Å². The first-order chi connectivity index (χ1) is 27.4. The zero-order valence-corrected chi connectivity index (χ0v) is 32.8. The van der Waals surface area contributed by atoms with Crippen LogP contribution in [0.25, 0.3) is 22.4 Å². The zero-order valence-electron chi connectivity index (χ0n) is 32.0. The third-order valence-electron chi connectivity index (χ3n) is 11.4. The van der Waals surface area contributed by atoms with E-state index < -0.39 is 29.7 Å². The molecule has 0 saturated carbocycles. The maximum atomic E-state index is 14.7. The quantitative estimate of drug-likeness (QED) is 0.101. The predicted octanol–water partition coefficient (Wildman–Crippen LogP) is 7.65. The fourth-order valence-corrected chi connectivity index (χ4v) is 8.94. The molecule has 4 atom stereocenters. The number of nitrogens with zero attached hydrogens (tertiary/aromatic N) is 3. The molecule has 2 saturated heterocycles. The highest BCUT2D eigenvalue weighted by molar-refractivity contribution is 6.36. The number of halogens is 4. The number of anilines is 1. The number of carboxylic acid groups (broad SMARTS) is 1. The van der Waals surface area contributed by atoms with Gasteiger partial charge >= 0.3 is 12.1 Å². The van der Waals surface area contributed by atoms with Crippen molar-refractivity contribution in [3.05, 3.63) is 87.4 Å². The second-order valence-electron chi connectivity index (χ2n) is 14.8. The molecule has 3 aliphatic rings. The average molecular weight is 807 g/mol. The monoisotopic (exact) mass is 806 g/mol. The zero-order chi connectivity index (χ0) is 40.4. The number of carbonyl (C=O) groups is 2. The van der Waals surface area contributed by atoms with Gasteiger partial charge in [0.25, 0.3) is 0 Å². The fourth-order valence-electron chi connectivity index (χ4n) is 8.62. The Morgan fingerprint density at radius 3 is 2.42 bits per heavy atom. The third kappa shape index (κ3) is 8.39. The van der Waals surface area contributed by atoms with E-state index in [0.29, 0.717) is 73.9 Å². The van der Waals surface area contributed by atoms with E-state index in [9.17, 15) is 27.9 Å². The highest BCUT2D eigenvalue weighted by Crippen LogP contribution is 2.45. The van der Waals surface area contributed by atoms with Crippen molar-refractivity contribution in [1.29, 1.82) is 0 Å². The van der Waals surface area contributed by atoms with E-state index in [1.165, 1.54) is 7.11 Å². The number of hydrogen-bond donors (Lipinski definition) is 4. The molecule has 2 unspecified atom stereocenters. The predicted molar refractivity (Wildman–Crippen MR) is 210 cm³/mol. The molecule has 7 rings (SSSR count). The van der Waals surface area contributed by atoms with Crippen molar-refractivity contribution in [3.63, 3.8) is 0 Å². The summed E-state index contributed by atoms with van der Waals surface area (Å²) in [7, 11) is 2.94. The number of aliphatic carboxylic acids is 1. The molecule has 1 aliphatic carbocycles. The van der Waals surface area contributed by atoms with Gasteiger partial charge in [-0.3, -0.25) is 14.5 Å². The van der Waals surface area contributed by atoms with E-state index in [1.54, 1.807) is 7.11 Å². The van der Waals surface area contributed by atoms with Gasteiger partial charge in [0.15, 0.2) is 0 Å². The molecule has 0 bridgehead atoms. The average Bonchev–Trinajstić information content (AvgIpc) is 3.93. The van der Waals surface area contributed by atoms with Crippen LogP contribution < -0.4 is 25.4 Å². The highest BCUT2D eigenvalue weighted by Gasteiger charge is 2.40. The molecule has 0 radical (unpaired) electrons. The molecule has 0 spiro atoms. The summed E-state index contributed by atoms with van der Waals surface area (Å²) in [5.74, 6) is -1.23. The van der Waals surface area contributed by atoms with Crippen LogP contribution in [0.3, 0.4) is 0 Å². The van der Waals surface area contributed by atoms with Crippen LogP contribution in [0, 0.1) is 5.92 Å². The van der Waals surface area contributed by atoms with Gasteiger partial charge in [-0.1, -0.05) is 61.0 Å². The van der Waals surface area contributed by atoms with Crippen LogP contribution in [-0.4, -0.2) is 71.2 Å². The first kappa shape index (κ1) is 40.3. The summed E-state index contributed by atoms with van der Waals surface area (Å²) in [6, 6.07) is 15.7. The number of methoxy groups -OCH3 is 2. The summed E-state index contributed by atoms with van der Waals surface area (Å²) in [6.07, 6.45) is -1.28. The van der Waals surface area contributed by atoms with Crippen LogP contribution in [0.2, 0.25) is 5.02 Å². The molecule has 4 aromatic rings. The van der Waals surface area contributed by atoms with Crippen molar-refractivity contribution < 1.29 is 37.3 Å². The van der Waals surface area contributed by atoms with Gasteiger partial charge in [-0.25, -0.2) is 4.98 Å². The number of amides is 1. The Hall–Kier alpha value is -4.92. The van der Waals surface area contributed by atoms with E-state index in [2.05, 4.69) is 20.9 Å². The first-order valence-electron chi connectivity index (χ1n) is 19.2. The lowest BCUT2D eigenvalue weighted by Crippen LogP contribution is -2.35. The Labute approximate surface area is 334 Å². The number of ether oxygens (including phenoxy) is 2. The smallest absolute Gasteiger partial charge is 0.419 e. The second kappa shape index (κ2) is 16.9. The fraction of sp³-hybridized carbons (Fsp3) is 0.429. The Kier molecular flexibility index (Phi) is 11.9. The molecule has 4 N–H and O–H groups in total. The maximum absolute atomic E-state index is 14.7. The van der Waals surface area contributed by atoms with E-state index in [1.807, 2.05) is 60.4 Å². The van der Waals surface area contributed by atoms with Crippen molar-refractivity contribution in [2.45, 2.75) is 82.8 Å². The van der Waals surface area contributed by atoms with Gasteiger partial charge in [-0.2, -0.15) is 18.2 Å². The highest BCUT2D eigenvalue weighted by atomic mass is 35.5. The van der Waals surface area contributed by atoms with Crippen LogP contribution in [0.15, 0.2) is 54.6 Å². The van der Waals surface area contributed by atoms with E-state index in [4.69, 9.17) is 26.1 Å². The summed E-state index contributed by atoms with van der Waals surface area (Å²) in [4.78, 5) is 34.4. The summed E-state index contributed by atoms with van der Waals surface area (Å²) >= 11 is 7.15. The number of aromatic nitrogens is 2. The normalized spacial score (nSPS) is 20.7. The lowest BCUT2D eigenvalue weighted by atomic mass is 9.94. The molecule has 4 heterocycles. The Morgan fingerprint density at radius 1 is 0.982 bits per heavy atom. The second-order valence-corrected chi connectivity index (χ2v) is 15.2. The minimum Gasteiger partial charge on any atom is -0.481 e. The molecular weight excluding hydrogens is 761 g/mol. The van der Waals surface area contributed by atoms with Crippen LogP contribution in [0.4, 0.5) is 19.0 Å². The van der Waals surface area contributed by atoms with E-state index >= 15 is 0 Å². The number of nitrogens with one attached hydrogen (secondary N) is 3. The van der Waals surface area contributed by atoms with E-state index in [0.717, 1.165) is 40.3 Å². The van der Waals surface area contributed by atoms with Crippen LogP contribution in [0.1, 0.15) is 72.9 Å². The molecule has 57 heavy (non-hydrogen) atoms. The number of fused-ring (bicyclic) bond motifs is 1. The molecule has 11 nitrogen and oxygen atoms in total. The minimum atomic E-state index is -4.72. The number of carboxylic acids is 1. The molecule has 2 aromatic heterocycles. The van der Waals surface area contributed by atoms with Gasteiger partial charge in [0.1, 0.15) is 5.82 Å². The number of hydrogen-bond acceptors (Lipinski definition) is 9. The molecule has 1 amide bonds. The molecule has 15 heteroatoms. The number of rotatable bonds is 14. The van der Waals surface area contributed by atoms with E-state index in [-0.39, 0.29) is 41.8 Å². The van der Waals surface area contributed by atoms with Crippen molar-refractivity contribution in [3.8, 4) is 34.1 Å². The van der Waals surface area contributed by atoms with Crippen molar-refractivity contribution >= 4 is 29.3 Å². The lowest BCUT2D eigenvalue weighted by Gasteiger charge is -2.27. The minimum absolute atomic E-state index is 0.0586. The summed E-state index contributed by atoms with van der Waals surface area (Å²) < 4.78 is 55.3. The Morgan fingerprint density at radius 2 is 1.72 bits per heavy atom. The van der Waals surface area contributed by atoms with Gasteiger partial charge in [0, 0.05) is 60.4 Å². The number of benzene rings is 2. The standard InChI is InChI=1S/C42H46ClF3N6O5/c1-4-35-31(41(54)55)17-18-52(35)22-24-19-32(42(44,45)46)38(51-40(24)57-3)49-33-15-13-27-26(7-5-8-28(27)33)29-9-6-10-30(37(29)43)34-14-11-23(39(50-34)56-2)20-47-21-25-12-16-36(53)48-25/h5-11,14,19,25,31,33,35,47H,4,12-13,15-18,20-22H2,1-3H3,(H,48,53)(H,49,51)(H,54,55)/t25-,31?,33-,35?/m0/s1. The largest absolute Gasteiger partial charge is 0.481 e. The molecule has 2 fully saturated rings. The molecule has 302 valence electrons. The SMILES string of the molecule is CCC1C(C(=O)O)CCN1Cc1cc(C(F)(F)F)c(N[C@H]2CCc3c(-c4cccc(-c5ccc(CNC[C@@H]6CCC(=O)N6)c(OC)n5)c4Cl)cccc32)nc1OC. The van der Waals surface area contributed by atoms with Crippen molar-refractivity contribution in [2.75, 3.05) is 32.6 Å². The maximum Gasteiger partial charge on any atom is 0.419 e. The number of alkyl halides is 3. The van der Waals surface area contributed by atoms with Crippen LogP contribution in [-0.2, 0) is 35.3 Å². The van der Waals surface area contributed by atoms with Gasteiger partial charge in [-0.15, -0.1) is 0 Å². The third-order valence-corrected chi connectivity index (χ3v) is 11.8. The number of likely N-dealkylation sites (tertiary alicyclic amines) is 1. The number of pyridine rings is 2. The van der Waals surface area contributed by atoms with Crippen molar-refractivity contribution in [1.82, 2.24) is 25.5 Å². The molecular formula is C42H46ClF3N6O5. The Balaban J connectivity index is 1.13. The van der Waals surface area contributed by atoms with Crippen LogP contribution >= 0.6 is 11.6 Å². The molecule has 2 aliphatic heterocycles. The van der Waals surface area contributed by atoms with Crippen LogP contribution in [0.5, 0.6) is 11.8 Å². The first-order valence-corrected chi connectivity index (χ1v) is 19.6. The summed E-state index contributed by atoms with van der Waals surface area (Å²) in [5, 5.41) is 19.6. The summed E-state index contributed by atoms with van der Waals surface area (Å²) in [6.45, 7) is 3.56. The Bertz CT molecular complexity index is 2150. The topological polar surface area (TPSA) is 138 Å². The summed E-state index contributed by atoms with van der Waals surface area (Å²) in [5.41, 5.74) is 5.00. The van der Waals surface area contributed by atoms with Crippen molar-refractivity contribution in [2.24, 2.45) is 5.92 Å². The lowest BCUT2D eigenvalue weighted by molar-refractivity contribution is -0.142. The van der Waals surface area contributed by atoms with Gasteiger partial charge < -0.3 is 30.5 Å². The number of carbonyl (C=O) groups excluding carboxylic acids is 1. The molecule has 2 aromatic carbocycles. The van der Waals surface area contributed by atoms with Gasteiger partial charge in [0.05, 0.1) is 42.5 Å². The van der Waals surface area contributed by atoms with Gasteiger partial charge in [0.2, 0.25) is 17.7 Å².